The molecule has 0 saturated heterocycles. The fourth-order valence-corrected chi connectivity index (χ4v) is 4.86. The molecule has 0 fully saturated rings. The number of nitrogens with one attached hydrogen (secondary N) is 1. The lowest BCUT2D eigenvalue weighted by atomic mass is 10.1. The van der Waals surface area contributed by atoms with Crippen molar-refractivity contribution in [2.45, 2.75) is 105 Å². The van der Waals surface area contributed by atoms with Gasteiger partial charge in [-0.1, -0.05) is 15.9 Å². The molecule has 0 aliphatic carbocycles. The van der Waals surface area contributed by atoms with Crippen molar-refractivity contribution in [1.29, 1.82) is 0 Å². The molecule has 0 spiro atoms. The Morgan fingerprint density at radius 2 is 1.03 bits per heavy atom. The van der Waals surface area contributed by atoms with E-state index in [1.165, 1.54) is 39.8 Å². The van der Waals surface area contributed by atoms with E-state index in [1.807, 2.05) is 0 Å². The molecule has 20 nitrogen and oxygen atoms in total. The number of benzene rings is 2. The van der Waals surface area contributed by atoms with E-state index < -0.39 is 58.2 Å². The van der Waals surface area contributed by atoms with E-state index in [4.69, 9.17) is 48.7 Å². The number of carboxylic acids is 2. The topological polar surface area (TPSA) is 272 Å². The fourth-order valence-electron chi connectivity index (χ4n) is 4.43. The highest BCUT2D eigenvalue weighted by Crippen LogP contribution is 2.32. The number of halogens is 3. The fraction of sp³-hybridized carbons (Fsp3) is 0.524. The molecule has 65 heavy (non-hydrogen) atoms. The Bertz CT molecular complexity index is 2280. The van der Waals surface area contributed by atoms with E-state index in [0.29, 0.717) is 16.5 Å². The molecule has 23 heteroatoms. The predicted molar refractivity (Wildman–Crippen MR) is 236 cm³/mol. The van der Waals surface area contributed by atoms with Crippen molar-refractivity contribution in [3.05, 3.63) is 40.4 Å². The summed E-state index contributed by atoms with van der Waals surface area (Å²) < 4.78 is 71.1. The lowest BCUT2D eigenvalue weighted by Crippen LogP contribution is -2.41. The molecule has 0 amide bonds. The molecular formula is C42H57BrF2N6O14. The van der Waals surface area contributed by atoms with Gasteiger partial charge >= 0.3 is 36.3 Å². The van der Waals surface area contributed by atoms with Gasteiger partial charge in [0.1, 0.15) is 59.7 Å². The zero-order chi connectivity index (χ0) is 49.5. The van der Waals surface area contributed by atoms with E-state index in [2.05, 4.69) is 41.2 Å². The third-order valence-corrected chi connectivity index (χ3v) is 7.77. The molecule has 2 aromatic heterocycles. The number of nitrogens with zero attached hydrogens (tertiary/aromatic N) is 4. The molecule has 2 aromatic carbocycles. The first-order chi connectivity index (χ1) is 30.0. The molecular weight excluding hydrogens is 930 g/mol. The van der Waals surface area contributed by atoms with Gasteiger partial charge < -0.3 is 59.2 Å². The van der Waals surface area contributed by atoms with E-state index in [-0.39, 0.29) is 78.9 Å². The average molecular weight is 988 g/mol. The van der Waals surface area contributed by atoms with Gasteiger partial charge in [0.05, 0.1) is 24.0 Å². The number of aromatic nitrogens is 4. The number of carbonyl (C=O) groups is 4. The summed E-state index contributed by atoms with van der Waals surface area (Å²) in [6.45, 7) is 19.9. The molecule has 0 aliphatic rings. The van der Waals surface area contributed by atoms with Crippen LogP contribution >= 0.6 is 15.9 Å². The standard InChI is InChI=1S/C21H28FN3O7.C17H20BrFN2O5.C4H9NO2/c1-7-29-18-23-15-13(10-12(11-14(15)22)25-21(5,6)17(26)27)16(24-18)30-8-9-31-19(28)32-20(2,3)4;1-5-23-15-20-13-11(8-10(18)9-12(13)19)14(21-15)24-6-7-25-16(22)26-17(2,3)4;1-4(2,5)3(6)7/h10-11,25H,7-9H2,1-6H3,(H,26,27);8-9H,5-7H2,1-4H3;5H2,1-2H3,(H,6,7). The van der Waals surface area contributed by atoms with Gasteiger partial charge in [-0.05, 0) is 107 Å². The second kappa shape index (κ2) is 23.7. The third-order valence-electron chi connectivity index (χ3n) is 7.31. The van der Waals surface area contributed by atoms with Crippen LogP contribution in [0.25, 0.3) is 21.8 Å². The van der Waals surface area contributed by atoms with E-state index in [9.17, 15) is 33.1 Å². The minimum Gasteiger partial charge on any atom is -0.480 e. The van der Waals surface area contributed by atoms with Crippen molar-refractivity contribution < 1.29 is 76.1 Å². The van der Waals surface area contributed by atoms with E-state index in [1.54, 1.807) is 61.5 Å². The van der Waals surface area contributed by atoms with Crippen LogP contribution in [-0.2, 0) is 28.5 Å². The molecule has 0 bridgehead atoms. The van der Waals surface area contributed by atoms with Crippen LogP contribution in [-0.4, -0.2) is 116 Å². The maximum absolute atomic E-state index is 14.8. The number of fused-ring (bicyclic) bond motifs is 2. The van der Waals surface area contributed by atoms with Crippen molar-refractivity contribution >= 4 is 67.7 Å². The molecule has 0 unspecified atom stereocenters. The largest absolute Gasteiger partial charge is 0.508 e. The summed E-state index contributed by atoms with van der Waals surface area (Å²) in [4.78, 5) is 60.8. The average Bonchev–Trinajstić information content (AvgIpc) is 3.14. The Balaban J connectivity index is 0.000000395. The molecule has 4 aromatic rings. The van der Waals surface area contributed by atoms with E-state index in [0.717, 1.165) is 6.07 Å². The number of carbonyl (C=O) groups excluding carboxylic acids is 2. The number of nitrogens with two attached hydrogens (primary N) is 1. The number of carboxylic acid groups (broad SMARTS) is 2. The predicted octanol–water partition coefficient (Wildman–Crippen LogP) is 7.84. The maximum Gasteiger partial charge on any atom is 0.508 e. The van der Waals surface area contributed by atoms with Crippen LogP contribution < -0.4 is 30.0 Å². The van der Waals surface area contributed by atoms with Crippen molar-refractivity contribution in [2.24, 2.45) is 5.73 Å². The summed E-state index contributed by atoms with van der Waals surface area (Å²) in [6, 6.07) is 5.45. The molecule has 0 aliphatic heterocycles. The highest BCUT2D eigenvalue weighted by Gasteiger charge is 2.28. The van der Waals surface area contributed by atoms with Gasteiger partial charge in [0.15, 0.2) is 11.6 Å². The third kappa shape index (κ3) is 19.3. The SMILES string of the molecule is CC(C)(N)C(=O)O.CCOc1nc(OCCOC(=O)OC(C)(C)C)c2cc(Br)cc(F)c2n1.CCOc1nc(OCCOC(=O)OC(C)(C)C)c2cc(NC(C)(C)C(=O)O)cc(F)c2n1. The molecule has 0 saturated carbocycles. The van der Waals surface area contributed by atoms with Gasteiger partial charge in [-0.15, -0.1) is 0 Å². The van der Waals surface area contributed by atoms with Gasteiger partial charge in [-0.25, -0.2) is 23.2 Å². The summed E-state index contributed by atoms with van der Waals surface area (Å²) in [6.07, 6.45) is -1.64. The summed E-state index contributed by atoms with van der Waals surface area (Å²) >= 11 is 3.23. The Labute approximate surface area is 382 Å². The van der Waals surface area contributed by atoms with Gasteiger partial charge in [0.2, 0.25) is 11.8 Å². The summed E-state index contributed by atoms with van der Waals surface area (Å²) in [5.41, 5.74) is 1.52. The molecule has 5 N–H and O–H groups in total. The van der Waals surface area contributed by atoms with Crippen LogP contribution in [0.1, 0.15) is 83.1 Å². The zero-order valence-electron chi connectivity index (χ0n) is 38.3. The number of hydrogen-bond donors (Lipinski definition) is 4. The number of hydrogen-bond acceptors (Lipinski definition) is 18. The summed E-state index contributed by atoms with van der Waals surface area (Å²) in [5.74, 6) is -3.23. The highest BCUT2D eigenvalue weighted by molar-refractivity contribution is 9.10. The molecule has 4 rings (SSSR count). The Kier molecular flexibility index (Phi) is 20.1. The maximum atomic E-state index is 14.8. The lowest BCUT2D eigenvalue weighted by Gasteiger charge is -2.23. The van der Waals surface area contributed by atoms with Crippen molar-refractivity contribution in [1.82, 2.24) is 19.9 Å². The summed E-state index contributed by atoms with van der Waals surface area (Å²) in [7, 11) is 0. The second-order valence-corrected chi connectivity index (χ2v) is 17.4. The Morgan fingerprint density at radius 3 is 1.40 bits per heavy atom. The van der Waals surface area contributed by atoms with Gasteiger partial charge in [0.25, 0.3) is 0 Å². The highest BCUT2D eigenvalue weighted by atomic mass is 79.9. The minimum absolute atomic E-state index is 0.00397. The first kappa shape index (κ1) is 55.0. The normalized spacial score (nSPS) is 11.5. The van der Waals surface area contributed by atoms with Crippen LogP contribution in [0.15, 0.2) is 28.7 Å². The second-order valence-electron chi connectivity index (χ2n) is 16.5. The first-order valence-corrected chi connectivity index (χ1v) is 20.7. The quantitative estimate of drug-likeness (QED) is 0.0614. The Morgan fingerprint density at radius 1 is 0.631 bits per heavy atom. The van der Waals surface area contributed by atoms with Crippen molar-refractivity contribution in [3.63, 3.8) is 0 Å². The molecule has 0 atom stereocenters. The zero-order valence-corrected chi connectivity index (χ0v) is 39.9. The molecule has 360 valence electrons. The molecule has 0 radical (unpaired) electrons. The van der Waals surface area contributed by atoms with Gasteiger partial charge in [-0.2, -0.15) is 19.9 Å². The summed E-state index contributed by atoms with van der Waals surface area (Å²) in [5, 5.41) is 20.8. The monoisotopic (exact) mass is 986 g/mol. The van der Waals surface area contributed by atoms with Gasteiger partial charge in [0, 0.05) is 10.2 Å². The number of rotatable bonds is 16. The van der Waals surface area contributed by atoms with E-state index >= 15 is 0 Å². The first-order valence-electron chi connectivity index (χ1n) is 19.9. The van der Waals surface area contributed by atoms with Crippen LogP contribution in [0.3, 0.4) is 0 Å². The van der Waals surface area contributed by atoms with Crippen LogP contribution in [0.2, 0.25) is 0 Å². The van der Waals surface area contributed by atoms with Crippen molar-refractivity contribution in [3.8, 4) is 23.8 Å². The van der Waals surface area contributed by atoms with Crippen LogP contribution in [0.5, 0.6) is 23.8 Å². The van der Waals surface area contributed by atoms with Gasteiger partial charge in [-0.3, -0.25) is 4.79 Å². The lowest BCUT2D eigenvalue weighted by molar-refractivity contribution is -0.142. The number of ether oxygens (including phenoxy) is 8. The molecule has 2 heterocycles. The minimum atomic E-state index is -1.35. The smallest absolute Gasteiger partial charge is 0.480 e. The Hall–Kier alpha value is -6.10. The van der Waals surface area contributed by atoms with Crippen LogP contribution in [0.4, 0.5) is 24.1 Å². The number of aliphatic carboxylic acids is 2. The number of anilines is 1. The van der Waals surface area contributed by atoms with Crippen LogP contribution in [0, 0.1) is 11.6 Å². The van der Waals surface area contributed by atoms with Crippen molar-refractivity contribution in [2.75, 3.05) is 45.0 Å².